The van der Waals surface area contributed by atoms with Crippen LogP contribution in [0.25, 0.3) is 0 Å². The molecule has 0 radical (unpaired) electrons. The Balaban J connectivity index is 1.55. The van der Waals surface area contributed by atoms with Gasteiger partial charge < -0.3 is 14.2 Å². The van der Waals surface area contributed by atoms with Crippen molar-refractivity contribution in [2.75, 3.05) is 13.2 Å². The molecule has 0 atom stereocenters. The molecule has 1 N–H and O–H groups in total. The minimum absolute atomic E-state index is 0.369. The van der Waals surface area contributed by atoms with Crippen molar-refractivity contribution in [2.24, 2.45) is 5.10 Å². The molecular weight excluding hydrogens is 408 g/mol. The molecule has 0 fully saturated rings. The summed E-state index contributed by atoms with van der Waals surface area (Å²) in [5, 5.41) is 3.98. The highest BCUT2D eigenvalue weighted by molar-refractivity contribution is 5.97. The molecule has 3 aromatic carbocycles. The van der Waals surface area contributed by atoms with Crippen LogP contribution < -0.4 is 19.6 Å². The van der Waals surface area contributed by atoms with Crippen LogP contribution in [0.4, 0.5) is 0 Å². The van der Waals surface area contributed by atoms with Crippen LogP contribution in [0.1, 0.15) is 40.1 Å². The first-order valence-electron chi connectivity index (χ1n) is 10.2. The van der Waals surface area contributed by atoms with E-state index in [1.165, 1.54) is 6.21 Å². The number of carbonyl (C=O) groups excluding carboxylic acids is 2. The average Bonchev–Trinajstić information content (AvgIpc) is 2.81. The molecule has 0 aromatic heterocycles. The van der Waals surface area contributed by atoms with Crippen LogP contribution in [0.15, 0.2) is 77.9 Å². The number of esters is 1. The lowest BCUT2D eigenvalue weighted by atomic mass is 10.2. The first kappa shape index (κ1) is 22.6. The Kier molecular flexibility index (Phi) is 7.97. The summed E-state index contributed by atoms with van der Waals surface area (Å²) >= 11 is 0. The van der Waals surface area contributed by atoms with Gasteiger partial charge in [0.2, 0.25) is 0 Å². The van der Waals surface area contributed by atoms with Crippen molar-refractivity contribution in [1.29, 1.82) is 0 Å². The second kappa shape index (κ2) is 11.3. The van der Waals surface area contributed by atoms with Crippen molar-refractivity contribution in [3.63, 3.8) is 0 Å². The molecule has 0 aliphatic heterocycles. The Morgan fingerprint density at radius 1 is 0.844 bits per heavy atom. The second-order valence-electron chi connectivity index (χ2n) is 6.54. The molecule has 0 heterocycles. The van der Waals surface area contributed by atoms with Crippen molar-refractivity contribution >= 4 is 18.1 Å². The molecule has 3 aromatic rings. The summed E-state index contributed by atoms with van der Waals surface area (Å²) in [6, 6.07) is 20.5. The van der Waals surface area contributed by atoms with Gasteiger partial charge in [-0.3, -0.25) is 4.79 Å². The number of benzene rings is 3. The number of carbonyl (C=O) groups is 2. The summed E-state index contributed by atoms with van der Waals surface area (Å²) in [7, 11) is 0. The lowest BCUT2D eigenvalue weighted by Gasteiger charge is -2.08. The molecule has 32 heavy (non-hydrogen) atoms. The van der Waals surface area contributed by atoms with Crippen LogP contribution in [0.3, 0.4) is 0 Å². The summed E-state index contributed by atoms with van der Waals surface area (Å²) in [6.07, 6.45) is 1.50. The van der Waals surface area contributed by atoms with E-state index in [-0.39, 0.29) is 5.91 Å². The molecule has 0 aliphatic rings. The first-order chi connectivity index (χ1) is 15.6. The maximum atomic E-state index is 12.3. The van der Waals surface area contributed by atoms with E-state index < -0.39 is 5.97 Å². The predicted octanol–water partition coefficient (Wildman–Crippen LogP) is 4.47. The Hall–Kier alpha value is -4.13. The fourth-order valence-electron chi connectivity index (χ4n) is 2.80. The lowest BCUT2D eigenvalue weighted by molar-refractivity contribution is 0.0734. The Morgan fingerprint density at radius 3 is 2.19 bits per heavy atom. The number of hydrogen-bond acceptors (Lipinski definition) is 6. The zero-order chi connectivity index (χ0) is 22.8. The molecule has 3 rings (SSSR count). The normalized spacial score (nSPS) is 10.6. The molecule has 7 heteroatoms. The summed E-state index contributed by atoms with van der Waals surface area (Å²) in [5.74, 6) is 0.763. The highest BCUT2D eigenvalue weighted by atomic mass is 16.5. The Labute approximate surface area is 186 Å². The number of hydrazone groups is 1. The van der Waals surface area contributed by atoms with E-state index in [9.17, 15) is 9.59 Å². The number of hydrogen-bond donors (Lipinski definition) is 1. The highest BCUT2D eigenvalue weighted by Crippen LogP contribution is 2.18. The summed E-state index contributed by atoms with van der Waals surface area (Å²) in [4.78, 5) is 24.6. The number of rotatable bonds is 9. The zero-order valence-electron chi connectivity index (χ0n) is 17.9. The Morgan fingerprint density at radius 2 is 1.50 bits per heavy atom. The molecular formula is C25H24N2O5. The van der Waals surface area contributed by atoms with Gasteiger partial charge in [0, 0.05) is 0 Å². The largest absolute Gasteiger partial charge is 0.494 e. The van der Waals surface area contributed by atoms with Gasteiger partial charge in [-0.25, -0.2) is 10.2 Å². The van der Waals surface area contributed by atoms with E-state index in [0.717, 1.165) is 5.56 Å². The Bertz CT molecular complexity index is 1080. The molecule has 0 saturated carbocycles. The highest BCUT2D eigenvalue weighted by Gasteiger charge is 2.11. The molecule has 0 spiro atoms. The quantitative estimate of drug-likeness (QED) is 0.233. The molecule has 1 amide bonds. The molecule has 0 bridgehead atoms. The van der Waals surface area contributed by atoms with Gasteiger partial charge in [-0.1, -0.05) is 12.1 Å². The minimum atomic E-state index is -0.463. The molecule has 0 unspecified atom stereocenters. The summed E-state index contributed by atoms with van der Waals surface area (Å²) in [6.45, 7) is 4.77. The van der Waals surface area contributed by atoms with Gasteiger partial charge >= 0.3 is 5.97 Å². The predicted molar refractivity (Wildman–Crippen MR) is 122 cm³/mol. The summed E-state index contributed by atoms with van der Waals surface area (Å²) in [5.41, 5.74) is 4.04. The van der Waals surface area contributed by atoms with E-state index in [1.54, 1.807) is 72.8 Å². The standard InChI is InChI=1S/C25H24N2O5/c1-3-30-20-15-11-19(12-16-20)25(29)32-21-13-9-18(10-14-21)17-26-27-24(28)22-7-5-6-8-23(22)31-4-2/h5-17H,3-4H2,1-2H3,(H,27,28)/b26-17+. The summed E-state index contributed by atoms with van der Waals surface area (Å²) < 4.78 is 16.2. The molecule has 0 aliphatic carbocycles. The maximum absolute atomic E-state index is 12.3. The van der Waals surface area contributed by atoms with E-state index >= 15 is 0 Å². The molecule has 0 saturated heterocycles. The maximum Gasteiger partial charge on any atom is 0.343 e. The number of para-hydroxylation sites is 1. The van der Waals surface area contributed by atoms with Gasteiger partial charge in [0.05, 0.1) is 30.6 Å². The lowest BCUT2D eigenvalue weighted by Crippen LogP contribution is -2.18. The van der Waals surface area contributed by atoms with Crippen molar-refractivity contribution in [2.45, 2.75) is 13.8 Å². The van der Waals surface area contributed by atoms with E-state index in [1.807, 2.05) is 13.8 Å². The van der Waals surface area contributed by atoms with Crippen molar-refractivity contribution in [1.82, 2.24) is 5.43 Å². The zero-order valence-corrected chi connectivity index (χ0v) is 17.9. The van der Waals surface area contributed by atoms with E-state index in [0.29, 0.717) is 41.6 Å². The van der Waals surface area contributed by atoms with Crippen molar-refractivity contribution in [3.05, 3.63) is 89.5 Å². The first-order valence-corrected chi connectivity index (χ1v) is 10.2. The van der Waals surface area contributed by atoms with Gasteiger partial charge in [0.1, 0.15) is 17.2 Å². The van der Waals surface area contributed by atoms with Gasteiger partial charge in [0.25, 0.3) is 5.91 Å². The third-order valence-electron chi connectivity index (χ3n) is 4.30. The van der Waals surface area contributed by atoms with Crippen LogP contribution in [0.2, 0.25) is 0 Å². The SMILES string of the molecule is CCOc1ccc(C(=O)Oc2ccc(/C=N/NC(=O)c3ccccc3OCC)cc2)cc1. The fourth-order valence-corrected chi connectivity index (χ4v) is 2.80. The number of amides is 1. The smallest absolute Gasteiger partial charge is 0.343 e. The van der Waals surface area contributed by atoms with Crippen molar-refractivity contribution in [3.8, 4) is 17.2 Å². The van der Waals surface area contributed by atoms with Crippen molar-refractivity contribution < 1.29 is 23.8 Å². The number of ether oxygens (including phenoxy) is 3. The molecule has 164 valence electrons. The molecule has 7 nitrogen and oxygen atoms in total. The number of nitrogens with zero attached hydrogens (tertiary/aromatic N) is 1. The van der Waals surface area contributed by atoms with Gasteiger partial charge in [-0.15, -0.1) is 0 Å². The van der Waals surface area contributed by atoms with Crippen LogP contribution in [0.5, 0.6) is 17.2 Å². The van der Waals surface area contributed by atoms with Crippen LogP contribution >= 0.6 is 0 Å². The fraction of sp³-hybridized carbons (Fsp3) is 0.160. The van der Waals surface area contributed by atoms with E-state index in [2.05, 4.69) is 10.5 Å². The monoisotopic (exact) mass is 432 g/mol. The van der Waals surface area contributed by atoms with Gasteiger partial charge in [0.15, 0.2) is 0 Å². The minimum Gasteiger partial charge on any atom is -0.494 e. The topological polar surface area (TPSA) is 86.2 Å². The van der Waals surface area contributed by atoms with Gasteiger partial charge in [-0.2, -0.15) is 5.10 Å². The van der Waals surface area contributed by atoms with Crippen LogP contribution in [-0.2, 0) is 0 Å². The third-order valence-corrected chi connectivity index (χ3v) is 4.30. The van der Waals surface area contributed by atoms with E-state index in [4.69, 9.17) is 14.2 Å². The second-order valence-corrected chi connectivity index (χ2v) is 6.54. The number of nitrogens with one attached hydrogen (secondary N) is 1. The van der Waals surface area contributed by atoms with Crippen LogP contribution in [0, 0.1) is 0 Å². The average molecular weight is 432 g/mol. The third kappa shape index (κ3) is 6.18. The van der Waals surface area contributed by atoms with Gasteiger partial charge in [-0.05, 0) is 80.1 Å². The van der Waals surface area contributed by atoms with Crippen LogP contribution in [-0.4, -0.2) is 31.3 Å².